The number of rotatable bonds is 4. The summed E-state index contributed by atoms with van der Waals surface area (Å²) in [6, 6.07) is 5.25. The van der Waals surface area contributed by atoms with Crippen LogP contribution in [0.25, 0.3) is 11.0 Å². The smallest absolute Gasteiger partial charge is 0.410 e. The third kappa shape index (κ3) is 6.18. The Morgan fingerprint density at radius 1 is 0.927 bits per heavy atom. The molecule has 222 valence electrons. The highest BCUT2D eigenvalue weighted by Gasteiger charge is 2.33. The first-order valence-corrected chi connectivity index (χ1v) is 14.7. The summed E-state index contributed by atoms with van der Waals surface area (Å²) >= 11 is 0. The van der Waals surface area contributed by atoms with Gasteiger partial charge < -0.3 is 14.5 Å². The van der Waals surface area contributed by atoms with Crippen molar-refractivity contribution in [3.05, 3.63) is 34.2 Å². The largest absolute Gasteiger partial charge is 0.444 e. The first kappa shape index (κ1) is 28.9. The Kier molecular flexibility index (Phi) is 7.98. The predicted molar refractivity (Wildman–Crippen MR) is 152 cm³/mol. The number of carbonyl (C=O) groups excluding carboxylic acids is 4. The van der Waals surface area contributed by atoms with Gasteiger partial charge >= 0.3 is 11.8 Å². The first-order chi connectivity index (χ1) is 19.4. The predicted octanol–water partition coefficient (Wildman–Crippen LogP) is 3.06. The maximum atomic E-state index is 13.1. The van der Waals surface area contributed by atoms with E-state index in [4.69, 9.17) is 4.74 Å². The molecule has 3 saturated heterocycles. The zero-order valence-electron chi connectivity index (χ0n) is 24.5. The third-order valence-electron chi connectivity index (χ3n) is 8.68. The summed E-state index contributed by atoms with van der Waals surface area (Å²) in [7, 11) is 1.70. The van der Waals surface area contributed by atoms with E-state index in [1.807, 2.05) is 43.9 Å². The Hall–Kier alpha value is -3.63. The number of nitrogens with one attached hydrogen (secondary N) is 1. The van der Waals surface area contributed by atoms with Gasteiger partial charge in [0.05, 0.1) is 11.0 Å². The summed E-state index contributed by atoms with van der Waals surface area (Å²) in [5.74, 6) is -0.0234. The molecule has 1 atom stereocenters. The Bertz CT molecular complexity index is 1400. The number of aryl methyl sites for hydroxylation is 1. The van der Waals surface area contributed by atoms with Crippen molar-refractivity contribution >= 4 is 34.8 Å². The average molecular weight is 568 g/mol. The minimum absolute atomic E-state index is 0.179. The van der Waals surface area contributed by atoms with Crippen LogP contribution in [-0.2, 0) is 26.2 Å². The lowest BCUT2D eigenvalue weighted by Crippen LogP contribution is -2.44. The van der Waals surface area contributed by atoms with Gasteiger partial charge in [-0.3, -0.25) is 28.8 Å². The molecule has 0 aliphatic carbocycles. The number of hydrogen-bond acceptors (Lipinski definition) is 6. The molecule has 2 aromatic rings. The molecule has 1 aromatic heterocycles. The van der Waals surface area contributed by atoms with E-state index in [2.05, 4.69) is 5.32 Å². The maximum Gasteiger partial charge on any atom is 0.410 e. The van der Waals surface area contributed by atoms with Crippen LogP contribution in [-0.4, -0.2) is 74.5 Å². The number of fused-ring (bicyclic) bond motifs is 1. The number of carbonyl (C=O) groups is 4. The van der Waals surface area contributed by atoms with E-state index in [0.29, 0.717) is 44.5 Å². The molecule has 4 amide bonds. The number of imidazole rings is 1. The van der Waals surface area contributed by atoms with Gasteiger partial charge in [-0.1, -0.05) is 6.07 Å². The lowest BCUT2D eigenvalue weighted by atomic mass is 9.88. The Labute approximate surface area is 239 Å². The van der Waals surface area contributed by atoms with Gasteiger partial charge in [-0.15, -0.1) is 0 Å². The number of aromatic nitrogens is 2. The molecule has 1 aromatic carbocycles. The second-order valence-electron chi connectivity index (χ2n) is 12.7. The van der Waals surface area contributed by atoms with Crippen molar-refractivity contribution < 1.29 is 23.9 Å². The van der Waals surface area contributed by atoms with E-state index < -0.39 is 17.6 Å². The molecule has 1 N–H and O–H groups in total. The molecule has 11 heteroatoms. The monoisotopic (exact) mass is 567 g/mol. The first-order valence-electron chi connectivity index (χ1n) is 14.7. The molecule has 3 aliphatic rings. The Morgan fingerprint density at radius 2 is 1.59 bits per heavy atom. The Balaban J connectivity index is 1.16. The van der Waals surface area contributed by atoms with Crippen LogP contribution in [0.5, 0.6) is 0 Å². The molecule has 41 heavy (non-hydrogen) atoms. The summed E-state index contributed by atoms with van der Waals surface area (Å²) in [6.45, 7) is 8.20. The zero-order chi connectivity index (χ0) is 29.5. The number of nitrogens with zero attached hydrogens (tertiary/aromatic N) is 4. The summed E-state index contributed by atoms with van der Waals surface area (Å²) in [5, 5.41) is 2.34. The van der Waals surface area contributed by atoms with Gasteiger partial charge in [-0.25, -0.2) is 9.59 Å². The van der Waals surface area contributed by atoms with Gasteiger partial charge in [0.1, 0.15) is 11.6 Å². The van der Waals surface area contributed by atoms with Crippen molar-refractivity contribution in [1.82, 2.24) is 24.3 Å². The van der Waals surface area contributed by atoms with E-state index in [-0.39, 0.29) is 41.9 Å². The highest BCUT2D eigenvalue weighted by molar-refractivity contribution is 6.00. The SMILES string of the molecule is Cn1c(=O)n(C2CCC(=O)NC2=O)c2ccc(C3CCN(C(=O)CC4CCN(C(=O)OC(C)(C)C)CC4)CC3)cc21. The lowest BCUT2D eigenvalue weighted by Gasteiger charge is -2.36. The summed E-state index contributed by atoms with van der Waals surface area (Å²) in [5.41, 5.74) is 1.77. The molecule has 0 spiro atoms. The summed E-state index contributed by atoms with van der Waals surface area (Å²) in [6.07, 6.45) is 4.04. The van der Waals surface area contributed by atoms with Crippen LogP contribution in [0.15, 0.2) is 23.0 Å². The summed E-state index contributed by atoms with van der Waals surface area (Å²) < 4.78 is 8.54. The molecular formula is C30H41N5O6. The minimum Gasteiger partial charge on any atom is -0.444 e. The number of benzene rings is 1. The fourth-order valence-electron chi connectivity index (χ4n) is 6.35. The van der Waals surface area contributed by atoms with Gasteiger partial charge in [0, 0.05) is 46.1 Å². The molecule has 5 rings (SSSR count). The van der Waals surface area contributed by atoms with Crippen molar-refractivity contribution in [2.24, 2.45) is 13.0 Å². The quantitative estimate of drug-likeness (QED) is 0.567. The lowest BCUT2D eigenvalue weighted by molar-refractivity contribution is -0.136. The van der Waals surface area contributed by atoms with Crippen LogP contribution < -0.4 is 11.0 Å². The minimum atomic E-state index is -0.700. The second-order valence-corrected chi connectivity index (χ2v) is 12.7. The topological polar surface area (TPSA) is 123 Å². The van der Waals surface area contributed by atoms with Gasteiger partial charge in [0.25, 0.3) is 0 Å². The van der Waals surface area contributed by atoms with Crippen molar-refractivity contribution in [3.63, 3.8) is 0 Å². The van der Waals surface area contributed by atoms with Crippen LogP contribution in [0, 0.1) is 5.92 Å². The second kappa shape index (κ2) is 11.3. The maximum absolute atomic E-state index is 13.1. The molecule has 11 nitrogen and oxygen atoms in total. The van der Waals surface area contributed by atoms with E-state index in [1.165, 1.54) is 4.57 Å². The normalized spacial score (nSPS) is 21.3. The molecule has 3 aliphatic heterocycles. The van der Waals surface area contributed by atoms with E-state index in [1.54, 1.807) is 16.5 Å². The molecule has 0 saturated carbocycles. The van der Waals surface area contributed by atoms with Gasteiger partial charge in [0.2, 0.25) is 17.7 Å². The fourth-order valence-corrected chi connectivity index (χ4v) is 6.35. The van der Waals surface area contributed by atoms with E-state index in [9.17, 15) is 24.0 Å². The molecule has 3 fully saturated rings. The van der Waals surface area contributed by atoms with Crippen LogP contribution >= 0.6 is 0 Å². The fraction of sp³-hybridized carbons (Fsp3) is 0.633. The van der Waals surface area contributed by atoms with E-state index in [0.717, 1.165) is 36.8 Å². The molecule has 0 bridgehead atoms. The molecule has 1 unspecified atom stereocenters. The highest BCUT2D eigenvalue weighted by Crippen LogP contribution is 2.32. The van der Waals surface area contributed by atoms with Crippen molar-refractivity contribution in [3.8, 4) is 0 Å². The third-order valence-corrected chi connectivity index (χ3v) is 8.68. The molecule has 4 heterocycles. The number of likely N-dealkylation sites (tertiary alicyclic amines) is 2. The molecule has 0 radical (unpaired) electrons. The number of piperidine rings is 3. The van der Waals surface area contributed by atoms with Crippen molar-refractivity contribution in [2.45, 2.75) is 83.3 Å². The van der Waals surface area contributed by atoms with Crippen molar-refractivity contribution in [1.29, 1.82) is 0 Å². The Morgan fingerprint density at radius 3 is 2.22 bits per heavy atom. The number of ether oxygens (including phenoxy) is 1. The van der Waals surface area contributed by atoms with Gasteiger partial charge in [0.15, 0.2) is 0 Å². The number of imide groups is 1. The van der Waals surface area contributed by atoms with Gasteiger partial charge in [-0.2, -0.15) is 0 Å². The van der Waals surface area contributed by atoms with Crippen LogP contribution in [0.2, 0.25) is 0 Å². The van der Waals surface area contributed by atoms with E-state index >= 15 is 0 Å². The zero-order valence-corrected chi connectivity index (χ0v) is 24.5. The number of hydrogen-bond donors (Lipinski definition) is 1. The van der Waals surface area contributed by atoms with Gasteiger partial charge in [-0.05, 0) is 82.4 Å². The standard InChI is InChI=1S/C30H41N5O6/c1-30(2,3)41-29(40)34-13-9-19(10-14-34)17-26(37)33-15-11-20(12-16-33)21-5-6-22-24(18-21)32(4)28(39)35(22)23-7-8-25(36)31-27(23)38/h5-6,18-20,23H,7-17H2,1-4H3,(H,31,36,38). The highest BCUT2D eigenvalue weighted by atomic mass is 16.6. The van der Waals surface area contributed by atoms with Crippen molar-refractivity contribution in [2.75, 3.05) is 26.2 Å². The van der Waals surface area contributed by atoms with Crippen LogP contribution in [0.1, 0.15) is 83.2 Å². The van der Waals surface area contributed by atoms with Crippen LogP contribution in [0.4, 0.5) is 4.79 Å². The summed E-state index contributed by atoms with van der Waals surface area (Å²) in [4.78, 5) is 66.3. The molecular weight excluding hydrogens is 526 g/mol. The number of amides is 4. The average Bonchev–Trinajstić information content (AvgIpc) is 3.17. The van der Waals surface area contributed by atoms with Crippen LogP contribution in [0.3, 0.4) is 0 Å².